The molecule has 1 fully saturated rings. The Balaban J connectivity index is 2.15. The summed E-state index contributed by atoms with van der Waals surface area (Å²) in [5.41, 5.74) is 6.16. The molecule has 0 bridgehead atoms. The Bertz CT molecular complexity index is 560. The number of nitrogens with two attached hydrogens (primary N) is 1. The minimum absolute atomic E-state index is 0.0404. The average Bonchev–Trinajstić information content (AvgIpc) is 2.32. The second-order valence-electron chi connectivity index (χ2n) is 5.27. The van der Waals surface area contributed by atoms with Gasteiger partial charge in [-0.05, 0) is 52.9 Å². The molecule has 2 atom stereocenters. The highest BCUT2D eigenvalue weighted by molar-refractivity contribution is 9.10. The molecule has 0 spiro atoms. The van der Waals surface area contributed by atoms with Gasteiger partial charge in [-0.3, -0.25) is 0 Å². The number of sulfonamides is 1. The number of hydrogen-bond donors (Lipinski definition) is 2. The Hall–Kier alpha value is -0.590. The van der Waals surface area contributed by atoms with Gasteiger partial charge in [-0.25, -0.2) is 13.1 Å². The zero-order valence-electron chi connectivity index (χ0n) is 10.9. The summed E-state index contributed by atoms with van der Waals surface area (Å²) >= 11 is 3.26. The van der Waals surface area contributed by atoms with Crippen molar-refractivity contribution in [3.05, 3.63) is 22.7 Å². The van der Waals surface area contributed by atoms with E-state index in [1.54, 1.807) is 12.1 Å². The zero-order chi connectivity index (χ0) is 14.0. The molecule has 0 radical (unpaired) electrons. The summed E-state index contributed by atoms with van der Waals surface area (Å²) in [4.78, 5) is 0.228. The molecule has 0 amide bonds. The third kappa shape index (κ3) is 3.70. The van der Waals surface area contributed by atoms with E-state index in [1.165, 1.54) is 12.5 Å². The molecule has 1 aromatic rings. The van der Waals surface area contributed by atoms with Crippen molar-refractivity contribution >= 4 is 31.6 Å². The maximum Gasteiger partial charge on any atom is 0.240 e. The highest BCUT2D eigenvalue weighted by Crippen LogP contribution is 2.26. The molecular formula is C13H19BrN2O2S. The molecule has 19 heavy (non-hydrogen) atoms. The van der Waals surface area contributed by atoms with Crippen LogP contribution < -0.4 is 10.5 Å². The lowest BCUT2D eigenvalue weighted by molar-refractivity contribution is 0.327. The van der Waals surface area contributed by atoms with Gasteiger partial charge < -0.3 is 5.73 Å². The monoisotopic (exact) mass is 346 g/mol. The van der Waals surface area contributed by atoms with Crippen molar-refractivity contribution in [1.82, 2.24) is 4.72 Å². The van der Waals surface area contributed by atoms with Crippen molar-refractivity contribution < 1.29 is 8.42 Å². The number of benzene rings is 1. The maximum atomic E-state index is 12.3. The Morgan fingerprint density at radius 1 is 1.37 bits per heavy atom. The summed E-state index contributed by atoms with van der Waals surface area (Å²) in [5.74, 6) is 0.580. The summed E-state index contributed by atoms with van der Waals surface area (Å²) in [6, 6.07) is 4.75. The smallest absolute Gasteiger partial charge is 0.240 e. The van der Waals surface area contributed by atoms with E-state index < -0.39 is 10.0 Å². The summed E-state index contributed by atoms with van der Waals surface area (Å²) < 4.78 is 28.1. The third-order valence-electron chi connectivity index (χ3n) is 3.54. The normalized spacial score (nSPS) is 24.3. The molecule has 4 nitrogen and oxygen atoms in total. The Kier molecular flexibility index (Phi) is 4.53. The van der Waals surface area contributed by atoms with Crippen LogP contribution in [0.5, 0.6) is 0 Å². The first-order valence-corrected chi connectivity index (χ1v) is 8.73. The first-order valence-electron chi connectivity index (χ1n) is 6.46. The summed E-state index contributed by atoms with van der Waals surface area (Å²) in [5, 5.41) is 0. The first-order chi connectivity index (χ1) is 8.88. The number of rotatable bonds is 3. The summed E-state index contributed by atoms with van der Waals surface area (Å²) in [6.45, 7) is 2.16. The topological polar surface area (TPSA) is 72.2 Å². The molecule has 0 aromatic heterocycles. The van der Waals surface area contributed by atoms with Gasteiger partial charge in [0.05, 0.1) is 4.90 Å². The fraction of sp³-hybridized carbons (Fsp3) is 0.538. The third-order valence-corrected chi connectivity index (χ3v) is 5.78. The number of anilines is 1. The number of nitrogen functional groups attached to an aromatic ring is 1. The minimum Gasteiger partial charge on any atom is -0.398 e. The van der Waals surface area contributed by atoms with Gasteiger partial charge in [0.1, 0.15) is 0 Å². The van der Waals surface area contributed by atoms with Crippen LogP contribution in [0.3, 0.4) is 0 Å². The van der Waals surface area contributed by atoms with Gasteiger partial charge in [0.25, 0.3) is 0 Å². The lowest BCUT2D eigenvalue weighted by atomic mass is 9.88. The Morgan fingerprint density at radius 2 is 2.11 bits per heavy atom. The van der Waals surface area contributed by atoms with E-state index in [0.29, 0.717) is 16.1 Å². The van der Waals surface area contributed by atoms with Gasteiger partial charge >= 0.3 is 0 Å². The molecule has 1 aromatic carbocycles. The van der Waals surface area contributed by atoms with E-state index in [0.717, 1.165) is 19.3 Å². The predicted octanol–water partition coefficient (Wildman–Crippen LogP) is 2.89. The van der Waals surface area contributed by atoms with Crippen LogP contribution in [0.1, 0.15) is 32.6 Å². The van der Waals surface area contributed by atoms with Gasteiger partial charge in [-0.15, -0.1) is 0 Å². The van der Waals surface area contributed by atoms with Crippen molar-refractivity contribution in [3.8, 4) is 0 Å². The molecule has 1 aliphatic rings. The van der Waals surface area contributed by atoms with Crippen LogP contribution in [0.25, 0.3) is 0 Å². The first kappa shape index (κ1) is 14.8. The van der Waals surface area contributed by atoms with Gasteiger partial charge in [-0.2, -0.15) is 0 Å². The second kappa shape index (κ2) is 5.81. The van der Waals surface area contributed by atoms with E-state index in [1.807, 2.05) is 0 Å². The van der Waals surface area contributed by atoms with E-state index in [4.69, 9.17) is 5.73 Å². The van der Waals surface area contributed by atoms with Gasteiger partial charge in [0, 0.05) is 16.2 Å². The molecule has 1 saturated carbocycles. The van der Waals surface area contributed by atoms with Crippen LogP contribution in [0, 0.1) is 5.92 Å². The van der Waals surface area contributed by atoms with Crippen LogP contribution in [-0.2, 0) is 10.0 Å². The van der Waals surface area contributed by atoms with E-state index >= 15 is 0 Å². The van der Waals surface area contributed by atoms with Gasteiger partial charge in [-0.1, -0.05) is 19.8 Å². The highest BCUT2D eigenvalue weighted by atomic mass is 79.9. The Labute approximate surface area is 122 Å². The van der Waals surface area contributed by atoms with Crippen molar-refractivity contribution in [1.29, 1.82) is 0 Å². The molecule has 3 N–H and O–H groups in total. The van der Waals surface area contributed by atoms with Gasteiger partial charge in [0.2, 0.25) is 10.0 Å². The van der Waals surface area contributed by atoms with E-state index in [-0.39, 0.29) is 10.9 Å². The number of halogens is 1. The molecule has 6 heteroatoms. The van der Waals surface area contributed by atoms with Crippen LogP contribution in [0.2, 0.25) is 0 Å². The quantitative estimate of drug-likeness (QED) is 0.826. The molecule has 0 heterocycles. The van der Waals surface area contributed by atoms with E-state index in [9.17, 15) is 8.42 Å². The van der Waals surface area contributed by atoms with Crippen molar-refractivity contribution in [3.63, 3.8) is 0 Å². The summed E-state index contributed by atoms with van der Waals surface area (Å²) in [7, 11) is -3.47. The van der Waals surface area contributed by atoms with Crippen molar-refractivity contribution in [2.24, 2.45) is 5.92 Å². The predicted molar refractivity (Wildman–Crippen MR) is 80.3 cm³/mol. The van der Waals surface area contributed by atoms with Crippen LogP contribution >= 0.6 is 15.9 Å². The molecular weight excluding hydrogens is 328 g/mol. The van der Waals surface area contributed by atoms with Crippen molar-refractivity contribution in [2.75, 3.05) is 5.73 Å². The zero-order valence-corrected chi connectivity index (χ0v) is 13.3. The number of hydrogen-bond acceptors (Lipinski definition) is 3. The van der Waals surface area contributed by atoms with Gasteiger partial charge in [0.15, 0.2) is 0 Å². The molecule has 1 aliphatic carbocycles. The maximum absolute atomic E-state index is 12.3. The molecule has 106 valence electrons. The Morgan fingerprint density at radius 3 is 2.74 bits per heavy atom. The molecule has 0 saturated heterocycles. The second-order valence-corrected chi connectivity index (χ2v) is 7.84. The van der Waals surface area contributed by atoms with Crippen LogP contribution in [0.4, 0.5) is 5.69 Å². The largest absolute Gasteiger partial charge is 0.398 e. The highest BCUT2D eigenvalue weighted by Gasteiger charge is 2.24. The minimum atomic E-state index is -3.47. The average molecular weight is 347 g/mol. The lowest BCUT2D eigenvalue weighted by Gasteiger charge is -2.27. The van der Waals surface area contributed by atoms with Crippen LogP contribution in [-0.4, -0.2) is 14.5 Å². The number of nitrogens with one attached hydrogen (secondary N) is 1. The molecule has 2 rings (SSSR count). The summed E-state index contributed by atoms with van der Waals surface area (Å²) in [6.07, 6.45) is 4.08. The fourth-order valence-electron chi connectivity index (χ4n) is 2.52. The standard InChI is InChI=1S/C13H19BrN2O2S/c1-9-3-2-4-10(7-9)16-19(17,18)11-5-6-12(14)13(15)8-11/h5-6,8-10,16H,2-4,7,15H2,1H3. The molecule has 0 aliphatic heterocycles. The fourth-order valence-corrected chi connectivity index (χ4v) is 4.08. The lowest BCUT2D eigenvalue weighted by Crippen LogP contribution is -2.37. The van der Waals surface area contributed by atoms with Crippen LogP contribution in [0.15, 0.2) is 27.6 Å². The molecule has 2 unspecified atom stereocenters. The van der Waals surface area contributed by atoms with Crippen molar-refractivity contribution in [2.45, 2.75) is 43.5 Å². The SMILES string of the molecule is CC1CCCC(NS(=O)(=O)c2ccc(Br)c(N)c2)C1. The van der Waals surface area contributed by atoms with E-state index in [2.05, 4.69) is 27.6 Å².